The van der Waals surface area contributed by atoms with E-state index in [9.17, 15) is 19.8 Å². The Morgan fingerprint density at radius 2 is 0.810 bits per heavy atom. The van der Waals surface area contributed by atoms with Crippen LogP contribution >= 0.6 is 0 Å². The van der Waals surface area contributed by atoms with Gasteiger partial charge in [0.1, 0.15) is 0 Å². The van der Waals surface area contributed by atoms with Crippen molar-refractivity contribution in [3.63, 3.8) is 0 Å². The van der Waals surface area contributed by atoms with Crippen molar-refractivity contribution in [2.24, 2.45) is 0 Å². The van der Waals surface area contributed by atoms with E-state index < -0.39 is 12.1 Å². The number of unbranched alkanes of at least 4 members (excludes halogenated alkanes) is 35. The van der Waals surface area contributed by atoms with Crippen molar-refractivity contribution < 1.29 is 24.5 Å². The molecule has 6 nitrogen and oxygen atoms in total. The number of ether oxygens (including phenoxy) is 1. The molecule has 344 valence electrons. The number of carbonyl (C=O) groups is 2. The molecule has 1 amide bonds. The maximum atomic E-state index is 12.4. The van der Waals surface area contributed by atoms with Crippen LogP contribution in [-0.2, 0) is 14.3 Å². The highest BCUT2D eigenvalue weighted by molar-refractivity contribution is 5.76. The van der Waals surface area contributed by atoms with Crippen molar-refractivity contribution in [1.82, 2.24) is 5.32 Å². The number of hydrogen-bond donors (Lipinski definition) is 3. The smallest absolute Gasteiger partial charge is 0.305 e. The Kier molecular flexibility index (Phi) is 47.1. The number of amides is 1. The minimum Gasteiger partial charge on any atom is -0.466 e. The number of allylic oxidation sites excluding steroid dienone is 2. The maximum absolute atomic E-state index is 12.4. The molecule has 0 fully saturated rings. The van der Waals surface area contributed by atoms with E-state index in [-0.39, 0.29) is 18.5 Å². The zero-order valence-electron chi connectivity index (χ0n) is 39.0. The van der Waals surface area contributed by atoms with Gasteiger partial charge in [-0.25, -0.2) is 0 Å². The average molecular weight is 820 g/mol. The molecule has 0 aromatic carbocycles. The molecule has 0 radical (unpaired) electrons. The number of aliphatic hydroxyl groups excluding tert-OH is 2. The SMILES string of the molecule is CCCCCCCCCCCCCCCCCCCC(=O)OCCCC/C=C\CCCCCCCC(=O)NC(CO)C(O)CCCCCCCCCCCCCCC. The molecule has 0 aromatic heterocycles. The van der Waals surface area contributed by atoms with Gasteiger partial charge in [-0.05, 0) is 51.4 Å². The van der Waals surface area contributed by atoms with E-state index in [1.807, 2.05) is 0 Å². The minimum absolute atomic E-state index is 0.0271. The molecular weight excluding hydrogens is 719 g/mol. The second-order valence-electron chi connectivity index (χ2n) is 17.9. The van der Waals surface area contributed by atoms with Crippen LogP contribution in [0.25, 0.3) is 0 Å². The molecule has 0 rings (SSSR count). The first-order valence-corrected chi connectivity index (χ1v) is 25.9. The third kappa shape index (κ3) is 44.2. The summed E-state index contributed by atoms with van der Waals surface area (Å²) in [6.07, 6.45) is 54.7. The third-order valence-corrected chi connectivity index (χ3v) is 12.1. The second kappa shape index (κ2) is 48.3. The highest BCUT2D eigenvalue weighted by atomic mass is 16.5. The molecule has 0 saturated carbocycles. The summed E-state index contributed by atoms with van der Waals surface area (Å²) in [6, 6.07) is -0.560. The van der Waals surface area contributed by atoms with Gasteiger partial charge in [0.2, 0.25) is 5.91 Å². The number of rotatable bonds is 48. The number of nitrogens with one attached hydrogen (secondary N) is 1. The Labute approximate surface area is 361 Å². The summed E-state index contributed by atoms with van der Waals surface area (Å²) in [5.41, 5.74) is 0. The van der Waals surface area contributed by atoms with E-state index in [1.54, 1.807) is 0 Å². The fraction of sp³-hybridized carbons (Fsp3) is 0.923. The molecule has 0 bridgehead atoms. The molecule has 3 N–H and O–H groups in total. The lowest BCUT2D eigenvalue weighted by molar-refractivity contribution is -0.143. The summed E-state index contributed by atoms with van der Waals surface area (Å²) in [5.74, 6) is -0.0903. The lowest BCUT2D eigenvalue weighted by atomic mass is 10.0. The van der Waals surface area contributed by atoms with Crippen LogP contribution in [0.3, 0.4) is 0 Å². The second-order valence-corrected chi connectivity index (χ2v) is 17.9. The van der Waals surface area contributed by atoms with Crippen LogP contribution in [0.5, 0.6) is 0 Å². The molecule has 0 aliphatic rings. The highest BCUT2D eigenvalue weighted by Crippen LogP contribution is 2.17. The molecule has 0 saturated heterocycles. The Morgan fingerprint density at radius 1 is 0.466 bits per heavy atom. The summed E-state index contributed by atoms with van der Waals surface area (Å²) in [7, 11) is 0. The van der Waals surface area contributed by atoms with Crippen molar-refractivity contribution >= 4 is 11.9 Å². The number of carbonyl (C=O) groups excluding carboxylic acids is 2. The number of hydrogen-bond acceptors (Lipinski definition) is 5. The first-order valence-electron chi connectivity index (χ1n) is 25.9. The van der Waals surface area contributed by atoms with Gasteiger partial charge in [0.25, 0.3) is 0 Å². The Bertz CT molecular complexity index is 863. The largest absolute Gasteiger partial charge is 0.466 e. The van der Waals surface area contributed by atoms with E-state index in [2.05, 4.69) is 31.3 Å². The van der Waals surface area contributed by atoms with Crippen molar-refractivity contribution in [1.29, 1.82) is 0 Å². The normalized spacial score (nSPS) is 12.7. The van der Waals surface area contributed by atoms with Gasteiger partial charge in [0.05, 0.1) is 25.4 Å². The van der Waals surface area contributed by atoms with E-state index in [0.717, 1.165) is 77.0 Å². The molecule has 0 heterocycles. The van der Waals surface area contributed by atoms with Gasteiger partial charge in [-0.1, -0.05) is 231 Å². The monoisotopic (exact) mass is 820 g/mol. The van der Waals surface area contributed by atoms with E-state index in [0.29, 0.717) is 25.9 Å². The van der Waals surface area contributed by atoms with Crippen molar-refractivity contribution in [2.75, 3.05) is 13.2 Å². The minimum atomic E-state index is -0.680. The van der Waals surface area contributed by atoms with Crippen LogP contribution in [0.1, 0.15) is 284 Å². The number of esters is 1. The molecule has 2 atom stereocenters. The molecule has 0 aliphatic heterocycles. The first-order chi connectivity index (χ1) is 28.5. The zero-order valence-corrected chi connectivity index (χ0v) is 39.0. The standard InChI is InChI=1S/C52H101NO5/c1-3-5-7-9-11-13-15-17-18-19-20-22-26-30-34-38-42-46-52(57)58-47-43-39-35-31-27-23-25-29-33-37-41-45-51(56)53-49(48-54)50(55)44-40-36-32-28-24-21-16-14-12-10-8-6-4-2/h27,31,49-50,54-55H,3-26,28-30,32-48H2,1-2H3,(H,53,56)/b31-27-. The third-order valence-electron chi connectivity index (χ3n) is 12.1. The van der Waals surface area contributed by atoms with E-state index in [1.165, 1.54) is 173 Å². The van der Waals surface area contributed by atoms with Gasteiger partial charge in [0, 0.05) is 12.8 Å². The fourth-order valence-corrected chi connectivity index (χ4v) is 8.05. The molecule has 2 unspecified atom stereocenters. The van der Waals surface area contributed by atoms with Gasteiger partial charge in [0.15, 0.2) is 0 Å². The predicted octanol–water partition coefficient (Wildman–Crippen LogP) is 15.3. The van der Waals surface area contributed by atoms with Crippen LogP contribution < -0.4 is 5.32 Å². The lowest BCUT2D eigenvalue weighted by Gasteiger charge is -2.22. The van der Waals surface area contributed by atoms with Crippen molar-refractivity contribution in [2.45, 2.75) is 296 Å². The molecule has 0 aliphatic carbocycles. The van der Waals surface area contributed by atoms with E-state index in [4.69, 9.17) is 4.74 Å². The van der Waals surface area contributed by atoms with Gasteiger partial charge >= 0.3 is 5.97 Å². The Morgan fingerprint density at radius 3 is 1.22 bits per heavy atom. The Hall–Kier alpha value is -1.40. The van der Waals surface area contributed by atoms with Crippen molar-refractivity contribution in [3.05, 3.63) is 12.2 Å². The van der Waals surface area contributed by atoms with E-state index >= 15 is 0 Å². The quantitative estimate of drug-likeness (QED) is 0.0323. The molecule has 0 aromatic rings. The average Bonchev–Trinajstić information content (AvgIpc) is 3.22. The van der Waals surface area contributed by atoms with Crippen LogP contribution in [0.2, 0.25) is 0 Å². The molecule has 0 spiro atoms. The zero-order chi connectivity index (χ0) is 42.3. The highest BCUT2D eigenvalue weighted by Gasteiger charge is 2.20. The summed E-state index contributed by atoms with van der Waals surface area (Å²) in [5, 5.41) is 23.2. The van der Waals surface area contributed by atoms with Gasteiger partial charge in [-0.3, -0.25) is 9.59 Å². The number of aliphatic hydroxyl groups is 2. The molecule has 6 heteroatoms. The van der Waals surface area contributed by atoms with Crippen LogP contribution in [-0.4, -0.2) is 47.4 Å². The summed E-state index contributed by atoms with van der Waals surface area (Å²) >= 11 is 0. The summed E-state index contributed by atoms with van der Waals surface area (Å²) in [4.78, 5) is 24.5. The first kappa shape index (κ1) is 56.6. The topological polar surface area (TPSA) is 95.9 Å². The molecule has 58 heavy (non-hydrogen) atoms. The van der Waals surface area contributed by atoms with Gasteiger partial charge in [-0.15, -0.1) is 0 Å². The Balaban J connectivity index is 3.48. The summed E-state index contributed by atoms with van der Waals surface area (Å²) in [6.45, 7) is 4.88. The predicted molar refractivity (Wildman–Crippen MR) is 250 cm³/mol. The van der Waals surface area contributed by atoms with Crippen LogP contribution in [0.4, 0.5) is 0 Å². The summed E-state index contributed by atoms with van der Waals surface area (Å²) < 4.78 is 5.45. The van der Waals surface area contributed by atoms with Gasteiger partial charge < -0.3 is 20.3 Å². The van der Waals surface area contributed by atoms with Crippen LogP contribution in [0, 0.1) is 0 Å². The van der Waals surface area contributed by atoms with Crippen LogP contribution in [0.15, 0.2) is 12.2 Å². The van der Waals surface area contributed by atoms with Gasteiger partial charge in [-0.2, -0.15) is 0 Å². The molecular formula is C52H101NO5. The maximum Gasteiger partial charge on any atom is 0.305 e. The fourth-order valence-electron chi connectivity index (χ4n) is 8.05. The lowest BCUT2D eigenvalue weighted by Crippen LogP contribution is -2.45. The van der Waals surface area contributed by atoms with Crippen molar-refractivity contribution in [3.8, 4) is 0 Å².